The summed E-state index contributed by atoms with van der Waals surface area (Å²) in [6.07, 6.45) is 1.67. The van der Waals surface area contributed by atoms with E-state index in [0.717, 1.165) is 47.4 Å². The molecule has 0 aromatic heterocycles. The molecule has 1 N–H and O–H groups in total. The molecule has 0 aromatic carbocycles. The Balaban J connectivity index is 1.76. The van der Waals surface area contributed by atoms with Crippen molar-refractivity contribution in [3.8, 4) is 0 Å². The molecule has 0 radical (unpaired) electrons. The van der Waals surface area contributed by atoms with Crippen LogP contribution in [0.25, 0.3) is 0 Å². The molecule has 2 fully saturated rings. The van der Waals surface area contributed by atoms with Crippen LogP contribution >= 0.6 is 23.5 Å². The normalized spacial score (nSPS) is 28.7. The summed E-state index contributed by atoms with van der Waals surface area (Å²) in [6, 6.07) is 0. The second-order valence-electron chi connectivity index (χ2n) is 6.57. The maximum Gasteiger partial charge on any atom is 0.337 e. The number of hydrogen-bond donors (Lipinski definition) is 1. The molecule has 0 amide bonds. The van der Waals surface area contributed by atoms with Gasteiger partial charge in [-0.2, -0.15) is 0 Å². The Morgan fingerprint density at radius 2 is 2.21 bits per heavy atom. The lowest BCUT2D eigenvalue weighted by molar-refractivity contribution is -0.143. The van der Waals surface area contributed by atoms with E-state index in [1.165, 1.54) is 0 Å². The minimum atomic E-state index is -0.220. The van der Waals surface area contributed by atoms with Gasteiger partial charge in [0.1, 0.15) is 0 Å². The number of thioether (sulfide) groups is 2. The summed E-state index contributed by atoms with van der Waals surface area (Å²) >= 11 is 3.36. The van der Waals surface area contributed by atoms with E-state index in [9.17, 15) is 9.59 Å². The van der Waals surface area contributed by atoms with E-state index < -0.39 is 0 Å². The van der Waals surface area contributed by atoms with Gasteiger partial charge in [0.25, 0.3) is 0 Å². The third-order valence-electron chi connectivity index (χ3n) is 4.24. The highest BCUT2D eigenvalue weighted by molar-refractivity contribution is 8.03. The molecule has 0 bridgehead atoms. The van der Waals surface area contributed by atoms with Gasteiger partial charge in [0.15, 0.2) is 5.78 Å². The number of allylic oxidation sites excluding steroid dienone is 1. The summed E-state index contributed by atoms with van der Waals surface area (Å²) in [7, 11) is 0. The molecule has 0 spiro atoms. The highest BCUT2D eigenvalue weighted by Gasteiger charge is 2.40. The predicted octanol–water partition coefficient (Wildman–Crippen LogP) is 2.01. The molecular formula is C17H24N2O3S2. The number of rotatable bonds is 4. The van der Waals surface area contributed by atoms with E-state index in [0.29, 0.717) is 0 Å². The number of nitrogens with one attached hydrogen (secondary N) is 1. The smallest absolute Gasteiger partial charge is 0.337 e. The first kappa shape index (κ1) is 17.9. The van der Waals surface area contributed by atoms with Crippen LogP contribution in [0.4, 0.5) is 0 Å². The number of fused-ring (bicyclic) bond motifs is 1. The SMILES string of the molecule is CC(C)OC(=O)C1=C2SC/C(=C\C(=O)C3CNCCS3)N2CC1C. The van der Waals surface area contributed by atoms with Crippen LogP contribution in [0, 0.1) is 5.92 Å². The van der Waals surface area contributed by atoms with Gasteiger partial charge in [-0.3, -0.25) is 4.79 Å². The van der Waals surface area contributed by atoms with E-state index in [-0.39, 0.29) is 29.0 Å². The molecule has 2 atom stereocenters. The van der Waals surface area contributed by atoms with Crippen molar-refractivity contribution in [3.63, 3.8) is 0 Å². The lowest BCUT2D eigenvalue weighted by atomic mass is 10.1. The van der Waals surface area contributed by atoms with Crippen LogP contribution in [0.5, 0.6) is 0 Å². The number of ether oxygens (including phenoxy) is 1. The van der Waals surface area contributed by atoms with Crippen LogP contribution in [0.15, 0.2) is 22.4 Å². The van der Waals surface area contributed by atoms with Gasteiger partial charge in [-0.25, -0.2) is 4.79 Å². The molecule has 0 aliphatic carbocycles. The van der Waals surface area contributed by atoms with Crippen LogP contribution in [0.3, 0.4) is 0 Å². The molecule has 24 heavy (non-hydrogen) atoms. The number of hydrogen-bond acceptors (Lipinski definition) is 7. The molecule has 5 nitrogen and oxygen atoms in total. The topological polar surface area (TPSA) is 58.6 Å². The van der Waals surface area contributed by atoms with E-state index in [2.05, 4.69) is 10.2 Å². The van der Waals surface area contributed by atoms with Gasteiger partial charge in [0.2, 0.25) is 0 Å². The summed E-state index contributed by atoms with van der Waals surface area (Å²) in [4.78, 5) is 27.0. The zero-order valence-electron chi connectivity index (χ0n) is 14.3. The standard InChI is InChI=1S/C17H24N2O3S2/c1-10(2)22-17(21)15-11(3)8-19-12(9-24-16(15)19)6-13(20)14-7-18-4-5-23-14/h6,10-11,14,18H,4-5,7-9H2,1-3H3/b12-6+. The number of esters is 1. The second-order valence-corrected chi connectivity index (χ2v) is 8.85. The zero-order valence-corrected chi connectivity index (χ0v) is 16.0. The van der Waals surface area contributed by atoms with Gasteiger partial charge in [-0.15, -0.1) is 23.5 Å². The average molecular weight is 369 g/mol. The van der Waals surface area contributed by atoms with Crippen molar-refractivity contribution in [3.05, 3.63) is 22.4 Å². The molecule has 3 heterocycles. The maximum absolute atomic E-state index is 12.5. The first-order valence-electron chi connectivity index (χ1n) is 8.39. The average Bonchev–Trinajstić information content (AvgIpc) is 3.06. The minimum Gasteiger partial charge on any atom is -0.460 e. The van der Waals surface area contributed by atoms with Crippen molar-refractivity contribution in [2.45, 2.75) is 32.1 Å². The fourth-order valence-electron chi connectivity index (χ4n) is 3.12. The van der Waals surface area contributed by atoms with Crippen molar-refractivity contribution in [2.75, 3.05) is 31.1 Å². The molecule has 7 heteroatoms. The van der Waals surface area contributed by atoms with Crippen LogP contribution in [-0.4, -0.2) is 59.1 Å². The van der Waals surface area contributed by atoms with Gasteiger partial charge in [0, 0.05) is 48.8 Å². The lowest BCUT2D eigenvalue weighted by Crippen LogP contribution is -2.37. The Kier molecular flexibility index (Phi) is 5.62. The Bertz CT molecular complexity index is 595. The Hall–Kier alpha value is -0.920. The summed E-state index contributed by atoms with van der Waals surface area (Å²) < 4.78 is 5.39. The molecule has 3 aliphatic heterocycles. The molecule has 132 valence electrons. The van der Waals surface area contributed by atoms with E-state index in [4.69, 9.17) is 4.74 Å². The third kappa shape index (κ3) is 3.68. The van der Waals surface area contributed by atoms with Crippen molar-refractivity contribution in [1.29, 1.82) is 0 Å². The quantitative estimate of drug-likeness (QED) is 0.602. The van der Waals surface area contributed by atoms with Crippen molar-refractivity contribution >= 4 is 35.3 Å². The maximum atomic E-state index is 12.5. The highest BCUT2D eigenvalue weighted by atomic mass is 32.2. The first-order chi connectivity index (χ1) is 11.5. The van der Waals surface area contributed by atoms with E-state index in [1.54, 1.807) is 29.6 Å². The van der Waals surface area contributed by atoms with E-state index in [1.807, 2.05) is 20.8 Å². The number of ketones is 1. The van der Waals surface area contributed by atoms with Gasteiger partial charge in [0.05, 0.1) is 22.0 Å². The van der Waals surface area contributed by atoms with Gasteiger partial charge >= 0.3 is 5.97 Å². The molecule has 3 aliphatic rings. The monoisotopic (exact) mass is 368 g/mol. The Morgan fingerprint density at radius 1 is 1.42 bits per heavy atom. The number of nitrogens with zero attached hydrogens (tertiary/aromatic N) is 1. The zero-order chi connectivity index (χ0) is 17.3. The fraction of sp³-hybridized carbons (Fsp3) is 0.647. The summed E-state index contributed by atoms with van der Waals surface area (Å²) in [6.45, 7) is 8.23. The molecule has 0 aromatic rings. The second kappa shape index (κ2) is 7.54. The molecule has 2 unspecified atom stereocenters. The summed E-state index contributed by atoms with van der Waals surface area (Å²) in [5.74, 6) is 1.81. The molecule has 2 saturated heterocycles. The number of carbonyl (C=O) groups excluding carboxylic acids is 2. The van der Waals surface area contributed by atoms with Crippen LogP contribution in [0.1, 0.15) is 20.8 Å². The van der Waals surface area contributed by atoms with Gasteiger partial charge < -0.3 is 15.0 Å². The van der Waals surface area contributed by atoms with Gasteiger partial charge in [-0.05, 0) is 13.8 Å². The minimum absolute atomic E-state index is 0.00897. The predicted molar refractivity (Wildman–Crippen MR) is 98.8 cm³/mol. The lowest BCUT2D eigenvalue weighted by Gasteiger charge is -2.21. The van der Waals surface area contributed by atoms with Crippen LogP contribution in [0.2, 0.25) is 0 Å². The summed E-state index contributed by atoms with van der Waals surface area (Å²) in [5.41, 5.74) is 1.78. The first-order valence-corrected chi connectivity index (χ1v) is 10.4. The molecular weight excluding hydrogens is 344 g/mol. The fourth-order valence-corrected chi connectivity index (χ4v) is 5.44. The Morgan fingerprint density at radius 3 is 2.88 bits per heavy atom. The van der Waals surface area contributed by atoms with Gasteiger partial charge in [-0.1, -0.05) is 6.92 Å². The largest absolute Gasteiger partial charge is 0.460 e. The van der Waals surface area contributed by atoms with Crippen molar-refractivity contribution < 1.29 is 14.3 Å². The third-order valence-corrected chi connectivity index (χ3v) is 6.64. The molecule has 0 saturated carbocycles. The number of carbonyl (C=O) groups is 2. The van der Waals surface area contributed by atoms with Crippen LogP contribution < -0.4 is 5.32 Å². The Labute approximate surface area is 151 Å². The highest BCUT2D eigenvalue weighted by Crippen LogP contribution is 2.45. The van der Waals surface area contributed by atoms with Crippen molar-refractivity contribution in [2.24, 2.45) is 5.92 Å². The van der Waals surface area contributed by atoms with Crippen molar-refractivity contribution in [1.82, 2.24) is 10.2 Å². The van der Waals surface area contributed by atoms with E-state index >= 15 is 0 Å². The molecule has 3 rings (SSSR count). The van der Waals surface area contributed by atoms with Crippen LogP contribution in [-0.2, 0) is 14.3 Å². The summed E-state index contributed by atoms with van der Waals surface area (Å²) in [5, 5.41) is 4.26.